The van der Waals surface area contributed by atoms with Gasteiger partial charge in [0, 0.05) is 0 Å². The molecule has 3 heteroatoms. The fourth-order valence-electron chi connectivity index (χ4n) is 1.38. The SMILES string of the molecule is CC1=C/C(=N\[Se]c2ccccc2)C(O)=CC1. The Kier molecular flexibility index (Phi) is 3.60. The van der Waals surface area contributed by atoms with Crippen molar-refractivity contribution >= 4 is 25.3 Å². The molecule has 1 aliphatic rings. The van der Waals surface area contributed by atoms with Crippen LogP contribution in [0.2, 0.25) is 0 Å². The second-order valence-corrected chi connectivity index (χ2v) is 5.42. The van der Waals surface area contributed by atoms with Crippen molar-refractivity contribution in [2.75, 3.05) is 0 Å². The molecule has 16 heavy (non-hydrogen) atoms. The second-order valence-electron chi connectivity index (χ2n) is 3.67. The van der Waals surface area contributed by atoms with Crippen LogP contribution in [0, 0.1) is 0 Å². The number of hydrogen-bond donors (Lipinski definition) is 1. The van der Waals surface area contributed by atoms with Gasteiger partial charge in [-0.1, -0.05) is 0 Å². The molecule has 2 rings (SSSR count). The predicted molar refractivity (Wildman–Crippen MR) is 68.4 cm³/mol. The molecule has 82 valence electrons. The average Bonchev–Trinajstić information content (AvgIpc) is 2.32. The van der Waals surface area contributed by atoms with Gasteiger partial charge in [0.05, 0.1) is 0 Å². The monoisotopic (exact) mass is 279 g/mol. The Bertz CT molecular complexity index is 460. The number of rotatable bonds is 2. The van der Waals surface area contributed by atoms with Gasteiger partial charge in [-0.25, -0.2) is 0 Å². The van der Waals surface area contributed by atoms with Crippen LogP contribution in [0.15, 0.2) is 57.8 Å². The second kappa shape index (κ2) is 5.15. The van der Waals surface area contributed by atoms with Crippen LogP contribution in [0.25, 0.3) is 0 Å². The zero-order valence-electron chi connectivity index (χ0n) is 9.05. The Hall–Kier alpha value is -1.31. The molecule has 1 aromatic rings. The minimum atomic E-state index is 0.0343. The van der Waals surface area contributed by atoms with E-state index in [1.807, 2.05) is 37.3 Å². The van der Waals surface area contributed by atoms with Crippen molar-refractivity contribution in [3.63, 3.8) is 0 Å². The molecule has 1 N–H and O–H groups in total. The van der Waals surface area contributed by atoms with E-state index in [0.717, 1.165) is 6.42 Å². The van der Waals surface area contributed by atoms with Gasteiger partial charge in [0.1, 0.15) is 0 Å². The Morgan fingerprint density at radius 1 is 1.25 bits per heavy atom. The Morgan fingerprint density at radius 2 is 2.00 bits per heavy atom. The summed E-state index contributed by atoms with van der Waals surface area (Å²) in [6.07, 6.45) is 4.60. The van der Waals surface area contributed by atoms with Gasteiger partial charge in [-0.05, 0) is 0 Å². The number of hydrogen-bond acceptors (Lipinski definition) is 2. The van der Waals surface area contributed by atoms with Crippen LogP contribution in [0.5, 0.6) is 0 Å². The van der Waals surface area contributed by atoms with E-state index in [9.17, 15) is 5.11 Å². The van der Waals surface area contributed by atoms with Gasteiger partial charge in [0.2, 0.25) is 0 Å². The van der Waals surface area contributed by atoms with Crippen molar-refractivity contribution in [1.82, 2.24) is 0 Å². The van der Waals surface area contributed by atoms with Crippen molar-refractivity contribution in [1.29, 1.82) is 0 Å². The van der Waals surface area contributed by atoms with E-state index >= 15 is 0 Å². The van der Waals surface area contributed by atoms with Gasteiger partial charge >= 0.3 is 102 Å². The summed E-state index contributed by atoms with van der Waals surface area (Å²) in [7, 11) is 0. The topological polar surface area (TPSA) is 32.6 Å². The van der Waals surface area contributed by atoms with Crippen LogP contribution in [0.1, 0.15) is 13.3 Å². The molecule has 1 aliphatic carbocycles. The van der Waals surface area contributed by atoms with E-state index < -0.39 is 0 Å². The molecule has 0 radical (unpaired) electrons. The van der Waals surface area contributed by atoms with Gasteiger partial charge in [-0.3, -0.25) is 0 Å². The molecular formula is C13H13NOSe. The van der Waals surface area contributed by atoms with E-state index in [-0.39, 0.29) is 15.2 Å². The summed E-state index contributed by atoms with van der Waals surface area (Å²) in [5.74, 6) is 0.309. The van der Waals surface area contributed by atoms with Crippen molar-refractivity contribution in [3.8, 4) is 0 Å². The zero-order valence-corrected chi connectivity index (χ0v) is 10.8. The molecule has 2 nitrogen and oxygen atoms in total. The molecule has 0 saturated heterocycles. The first-order chi connectivity index (χ1) is 7.75. The maximum atomic E-state index is 9.66. The van der Waals surface area contributed by atoms with Crippen molar-refractivity contribution < 1.29 is 5.11 Å². The van der Waals surface area contributed by atoms with Crippen LogP contribution in [-0.2, 0) is 0 Å². The van der Waals surface area contributed by atoms with Crippen LogP contribution in [0.3, 0.4) is 0 Å². The summed E-state index contributed by atoms with van der Waals surface area (Å²) in [6, 6.07) is 10.1. The first-order valence-corrected chi connectivity index (χ1v) is 6.75. The minimum absolute atomic E-state index is 0.0343. The molecule has 0 heterocycles. The predicted octanol–water partition coefficient (Wildman–Crippen LogP) is 2.16. The van der Waals surface area contributed by atoms with E-state index in [0.29, 0.717) is 11.5 Å². The summed E-state index contributed by atoms with van der Waals surface area (Å²) in [4.78, 5) is 0. The Morgan fingerprint density at radius 3 is 2.75 bits per heavy atom. The Labute approximate surface area is 102 Å². The molecule has 0 fully saturated rings. The molecule has 0 amide bonds. The summed E-state index contributed by atoms with van der Waals surface area (Å²) in [5.41, 5.74) is 1.95. The van der Waals surface area contributed by atoms with Crippen molar-refractivity contribution in [2.45, 2.75) is 13.3 Å². The van der Waals surface area contributed by atoms with Gasteiger partial charge < -0.3 is 0 Å². The number of benzene rings is 1. The molecule has 0 saturated carbocycles. The van der Waals surface area contributed by atoms with Crippen LogP contribution in [-0.4, -0.2) is 26.0 Å². The van der Waals surface area contributed by atoms with E-state index in [4.69, 9.17) is 0 Å². The van der Waals surface area contributed by atoms with Crippen LogP contribution >= 0.6 is 0 Å². The van der Waals surface area contributed by atoms with Crippen molar-refractivity contribution in [2.24, 2.45) is 4.01 Å². The van der Waals surface area contributed by atoms with Crippen molar-refractivity contribution in [3.05, 3.63) is 53.8 Å². The van der Waals surface area contributed by atoms with Crippen LogP contribution < -0.4 is 4.46 Å². The molecule has 0 aromatic heterocycles. The van der Waals surface area contributed by atoms with Gasteiger partial charge in [0.15, 0.2) is 0 Å². The quantitative estimate of drug-likeness (QED) is 0.826. The standard InChI is InChI=1S/C13H13NOSe/c1-10-7-8-13(15)12(9-10)14-16-11-5-3-2-4-6-11/h2-6,8-9,15H,7H2,1H3/b14-12+. The number of nitrogens with zero attached hydrogens (tertiary/aromatic N) is 1. The number of allylic oxidation sites excluding steroid dienone is 3. The fraction of sp³-hybridized carbons (Fsp3) is 0.154. The van der Waals surface area contributed by atoms with E-state index in [1.165, 1.54) is 10.0 Å². The fourth-order valence-corrected chi connectivity index (χ4v) is 2.70. The third-order valence-corrected chi connectivity index (χ3v) is 3.87. The molecular weight excluding hydrogens is 265 g/mol. The summed E-state index contributed by atoms with van der Waals surface area (Å²) in [6.45, 7) is 2.05. The first-order valence-electron chi connectivity index (χ1n) is 5.12. The number of aliphatic hydroxyl groups is 1. The van der Waals surface area contributed by atoms with E-state index in [2.05, 4.69) is 16.1 Å². The third kappa shape index (κ3) is 2.84. The first kappa shape index (κ1) is 11.2. The Balaban J connectivity index is 2.13. The van der Waals surface area contributed by atoms with Gasteiger partial charge in [0.25, 0.3) is 0 Å². The normalized spacial score (nSPS) is 18.2. The summed E-state index contributed by atoms with van der Waals surface area (Å²) in [5, 5.41) is 9.66. The van der Waals surface area contributed by atoms with Crippen LogP contribution in [0.4, 0.5) is 0 Å². The average molecular weight is 278 g/mol. The summed E-state index contributed by atoms with van der Waals surface area (Å²) < 4.78 is 5.68. The molecule has 0 bridgehead atoms. The summed E-state index contributed by atoms with van der Waals surface area (Å²) >= 11 is 0.0343. The number of aliphatic hydroxyl groups excluding tert-OH is 1. The third-order valence-electron chi connectivity index (χ3n) is 2.26. The molecule has 0 spiro atoms. The molecule has 0 unspecified atom stereocenters. The van der Waals surface area contributed by atoms with Gasteiger partial charge in [-0.2, -0.15) is 0 Å². The molecule has 0 aliphatic heterocycles. The maximum absolute atomic E-state index is 9.66. The van der Waals surface area contributed by atoms with E-state index in [1.54, 1.807) is 0 Å². The molecule has 0 atom stereocenters. The zero-order chi connectivity index (χ0) is 11.4. The molecule has 1 aromatic carbocycles. The van der Waals surface area contributed by atoms with Gasteiger partial charge in [-0.15, -0.1) is 0 Å².